The van der Waals surface area contributed by atoms with Crippen LogP contribution in [0, 0.1) is 16.0 Å². The van der Waals surface area contributed by atoms with Crippen LogP contribution in [0.15, 0.2) is 18.2 Å². The molecular formula is C14H24N4O2. The summed E-state index contributed by atoms with van der Waals surface area (Å²) in [4.78, 5) is 12.4. The van der Waals surface area contributed by atoms with Crippen LogP contribution in [0.3, 0.4) is 0 Å². The highest BCUT2D eigenvalue weighted by atomic mass is 16.6. The van der Waals surface area contributed by atoms with Gasteiger partial charge in [-0.2, -0.15) is 0 Å². The van der Waals surface area contributed by atoms with Gasteiger partial charge in [-0.3, -0.25) is 10.1 Å². The summed E-state index contributed by atoms with van der Waals surface area (Å²) in [7, 11) is 4.04. The summed E-state index contributed by atoms with van der Waals surface area (Å²) in [6, 6.07) is 4.80. The fraction of sp³-hybridized carbons (Fsp3) is 0.571. The Labute approximate surface area is 120 Å². The lowest BCUT2D eigenvalue weighted by atomic mass is 10.0. The van der Waals surface area contributed by atoms with Crippen LogP contribution in [0.25, 0.3) is 0 Å². The van der Waals surface area contributed by atoms with Crippen LogP contribution in [0.1, 0.15) is 20.3 Å². The zero-order valence-electron chi connectivity index (χ0n) is 12.6. The second kappa shape index (κ2) is 7.09. The van der Waals surface area contributed by atoms with Crippen LogP contribution >= 0.6 is 0 Å². The first kappa shape index (κ1) is 16.2. The maximum atomic E-state index is 10.7. The number of nitrogen functional groups attached to an aromatic ring is 1. The molecule has 0 aromatic heterocycles. The van der Waals surface area contributed by atoms with Gasteiger partial charge < -0.3 is 16.0 Å². The van der Waals surface area contributed by atoms with E-state index in [1.807, 2.05) is 14.1 Å². The molecule has 0 fully saturated rings. The molecule has 0 heterocycles. The fourth-order valence-electron chi connectivity index (χ4n) is 2.20. The molecule has 0 saturated carbocycles. The molecule has 0 aliphatic rings. The highest BCUT2D eigenvalue weighted by molar-refractivity contribution is 5.69. The minimum absolute atomic E-state index is 0.0149. The Bertz CT molecular complexity index is 450. The third kappa shape index (κ3) is 5.05. The smallest absolute Gasteiger partial charge is 0.271 e. The molecule has 1 aromatic rings. The minimum atomic E-state index is -0.439. The molecule has 112 valence electrons. The number of hydrogen-bond donors (Lipinski definition) is 2. The minimum Gasteiger partial charge on any atom is -0.397 e. The van der Waals surface area contributed by atoms with E-state index in [1.54, 1.807) is 6.07 Å². The van der Waals surface area contributed by atoms with Gasteiger partial charge in [-0.05, 0) is 32.5 Å². The summed E-state index contributed by atoms with van der Waals surface area (Å²) in [5.41, 5.74) is 7.07. The van der Waals surface area contributed by atoms with Crippen molar-refractivity contribution in [2.75, 3.05) is 31.7 Å². The largest absolute Gasteiger partial charge is 0.397 e. The number of nitrogens with one attached hydrogen (secondary N) is 1. The van der Waals surface area contributed by atoms with E-state index in [1.165, 1.54) is 12.1 Å². The Kier molecular flexibility index (Phi) is 5.76. The van der Waals surface area contributed by atoms with Crippen LogP contribution < -0.4 is 11.1 Å². The maximum Gasteiger partial charge on any atom is 0.271 e. The summed E-state index contributed by atoms with van der Waals surface area (Å²) in [6.07, 6.45) is 1.01. The van der Waals surface area contributed by atoms with E-state index < -0.39 is 4.92 Å². The molecule has 0 amide bonds. The van der Waals surface area contributed by atoms with E-state index in [9.17, 15) is 10.1 Å². The van der Waals surface area contributed by atoms with Gasteiger partial charge in [0.1, 0.15) is 0 Å². The molecule has 0 spiro atoms. The average molecular weight is 280 g/mol. The number of anilines is 2. The summed E-state index contributed by atoms with van der Waals surface area (Å²) in [5, 5.41) is 14.1. The van der Waals surface area contributed by atoms with Crippen molar-refractivity contribution >= 4 is 17.1 Å². The number of nitrogens with zero attached hydrogens (tertiary/aromatic N) is 2. The standard InChI is InChI=1S/C14H24N4O2/c1-10(2)7-11(9-17(3)4)16-14-6-5-12(18(19)20)8-13(14)15/h5-6,8,10-11,16H,7,9,15H2,1-4H3. The number of hydrogen-bond acceptors (Lipinski definition) is 5. The van der Waals surface area contributed by atoms with Gasteiger partial charge in [-0.25, -0.2) is 0 Å². The van der Waals surface area contributed by atoms with E-state index in [-0.39, 0.29) is 11.7 Å². The first-order valence-electron chi connectivity index (χ1n) is 6.74. The molecule has 0 radical (unpaired) electrons. The van der Waals surface area contributed by atoms with Gasteiger partial charge in [0, 0.05) is 24.7 Å². The zero-order valence-corrected chi connectivity index (χ0v) is 12.6. The summed E-state index contributed by atoms with van der Waals surface area (Å²) < 4.78 is 0. The first-order chi connectivity index (χ1) is 9.29. The van der Waals surface area contributed by atoms with E-state index in [2.05, 4.69) is 24.1 Å². The second-order valence-corrected chi connectivity index (χ2v) is 5.76. The third-order valence-corrected chi connectivity index (χ3v) is 2.95. The Morgan fingerprint density at radius 2 is 2.05 bits per heavy atom. The Hall–Kier alpha value is -1.82. The fourth-order valence-corrected chi connectivity index (χ4v) is 2.20. The summed E-state index contributed by atoms with van der Waals surface area (Å²) in [6.45, 7) is 5.22. The first-order valence-corrected chi connectivity index (χ1v) is 6.74. The molecular weight excluding hydrogens is 256 g/mol. The van der Waals surface area contributed by atoms with Gasteiger partial charge in [0.25, 0.3) is 5.69 Å². The number of nitro groups is 1. The van der Waals surface area contributed by atoms with Crippen molar-refractivity contribution in [1.82, 2.24) is 4.90 Å². The zero-order chi connectivity index (χ0) is 15.3. The van der Waals surface area contributed by atoms with Crippen molar-refractivity contribution in [2.45, 2.75) is 26.3 Å². The molecule has 0 bridgehead atoms. The number of likely N-dealkylation sites (N-methyl/N-ethyl adjacent to an activating group) is 1. The normalized spacial score (nSPS) is 12.7. The highest BCUT2D eigenvalue weighted by Crippen LogP contribution is 2.25. The predicted molar refractivity (Wildman–Crippen MR) is 82.9 cm³/mol. The van der Waals surface area contributed by atoms with Gasteiger partial charge in [0.15, 0.2) is 0 Å². The Balaban J connectivity index is 2.84. The van der Waals surface area contributed by atoms with Crippen LogP contribution in [0.4, 0.5) is 17.1 Å². The molecule has 6 heteroatoms. The molecule has 6 nitrogen and oxygen atoms in total. The van der Waals surface area contributed by atoms with Gasteiger partial charge in [0.2, 0.25) is 0 Å². The predicted octanol–water partition coefficient (Wildman–Crippen LogP) is 2.57. The lowest BCUT2D eigenvalue weighted by Crippen LogP contribution is -2.33. The lowest BCUT2D eigenvalue weighted by Gasteiger charge is -2.25. The van der Waals surface area contributed by atoms with Crippen molar-refractivity contribution in [1.29, 1.82) is 0 Å². The van der Waals surface area contributed by atoms with Crippen LogP contribution in [0.2, 0.25) is 0 Å². The third-order valence-electron chi connectivity index (χ3n) is 2.95. The van der Waals surface area contributed by atoms with E-state index in [0.29, 0.717) is 11.6 Å². The number of benzene rings is 1. The molecule has 0 saturated heterocycles. The quantitative estimate of drug-likeness (QED) is 0.455. The highest BCUT2D eigenvalue weighted by Gasteiger charge is 2.15. The molecule has 20 heavy (non-hydrogen) atoms. The van der Waals surface area contributed by atoms with Gasteiger partial charge in [0.05, 0.1) is 16.3 Å². The second-order valence-electron chi connectivity index (χ2n) is 5.76. The Morgan fingerprint density at radius 1 is 1.40 bits per heavy atom. The number of non-ortho nitro benzene ring substituents is 1. The number of rotatable bonds is 7. The molecule has 0 aliphatic carbocycles. The molecule has 1 rings (SSSR count). The summed E-state index contributed by atoms with van der Waals surface area (Å²) >= 11 is 0. The van der Waals surface area contributed by atoms with E-state index >= 15 is 0 Å². The van der Waals surface area contributed by atoms with Gasteiger partial charge in [-0.15, -0.1) is 0 Å². The number of nitrogens with two attached hydrogens (primary N) is 1. The van der Waals surface area contributed by atoms with Crippen molar-refractivity contribution < 1.29 is 4.92 Å². The molecule has 1 atom stereocenters. The molecule has 1 aromatic carbocycles. The molecule has 1 unspecified atom stereocenters. The topological polar surface area (TPSA) is 84.4 Å². The monoisotopic (exact) mass is 280 g/mol. The lowest BCUT2D eigenvalue weighted by molar-refractivity contribution is -0.384. The maximum absolute atomic E-state index is 10.7. The summed E-state index contributed by atoms with van der Waals surface area (Å²) in [5.74, 6) is 0.562. The van der Waals surface area contributed by atoms with Crippen molar-refractivity contribution in [2.24, 2.45) is 5.92 Å². The van der Waals surface area contributed by atoms with Crippen molar-refractivity contribution in [3.63, 3.8) is 0 Å². The van der Waals surface area contributed by atoms with Gasteiger partial charge in [-0.1, -0.05) is 13.8 Å². The van der Waals surface area contributed by atoms with E-state index in [4.69, 9.17) is 5.73 Å². The van der Waals surface area contributed by atoms with Crippen molar-refractivity contribution in [3.05, 3.63) is 28.3 Å². The number of nitro benzene ring substituents is 1. The average Bonchev–Trinajstić information content (AvgIpc) is 2.29. The van der Waals surface area contributed by atoms with Crippen LogP contribution in [-0.4, -0.2) is 36.5 Å². The Morgan fingerprint density at radius 3 is 2.50 bits per heavy atom. The molecule has 3 N–H and O–H groups in total. The molecule has 0 aliphatic heterocycles. The van der Waals surface area contributed by atoms with Crippen LogP contribution in [0.5, 0.6) is 0 Å². The van der Waals surface area contributed by atoms with Crippen LogP contribution in [-0.2, 0) is 0 Å². The van der Waals surface area contributed by atoms with Crippen molar-refractivity contribution in [3.8, 4) is 0 Å². The van der Waals surface area contributed by atoms with E-state index in [0.717, 1.165) is 18.7 Å². The SMILES string of the molecule is CC(C)CC(CN(C)C)Nc1ccc([N+](=O)[O-])cc1N. The van der Waals surface area contributed by atoms with Gasteiger partial charge >= 0.3 is 0 Å².